The van der Waals surface area contributed by atoms with Gasteiger partial charge in [0.1, 0.15) is 5.75 Å². The zero-order chi connectivity index (χ0) is 13.8. The lowest BCUT2D eigenvalue weighted by atomic mass is 9.82. The van der Waals surface area contributed by atoms with Crippen LogP contribution in [0, 0.1) is 5.92 Å². The van der Waals surface area contributed by atoms with E-state index in [1.807, 2.05) is 26.1 Å². The van der Waals surface area contributed by atoms with E-state index in [-0.39, 0.29) is 12.0 Å². The molecule has 0 atom stereocenters. The van der Waals surface area contributed by atoms with Crippen LogP contribution in [0.1, 0.15) is 30.1 Å². The predicted molar refractivity (Wildman–Crippen MR) is 73.3 cm³/mol. The number of aliphatic hydroxyl groups excluding tert-OH is 1. The van der Waals surface area contributed by atoms with E-state index in [2.05, 4.69) is 0 Å². The number of hydrogen-bond acceptors (Lipinski definition) is 3. The van der Waals surface area contributed by atoms with E-state index in [1.165, 1.54) is 0 Å². The van der Waals surface area contributed by atoms with E-state index in [0.717, 1.165) is 18.6 Å². The minimum absolute atomic E-state index is 0.0180. The normalized spacial score (nSPS) is 21.6. The maximum absolute atomic E-state index is 12.2. The van der Waals surface area contributed by atoms with Crippen molar-refractivity contribution in [3.63, 3.8) is 0 Å². The Kier molecular flexibility index (Phi) is 4.43. The average molecular weight is 263 g/mol. The highest BCUT2D eigenvalue weighted by Gasteiger charge is 2.29. The summed E-state index contributed by atoms with van der Waals surface area (Å²) in [5.74, 6) is 1.24. The van der Waals surface area contributed by atoms with Gasteiger partial charge in [-0.2, -0.15) is 0 Å². The molecule has 0 saturated heterocycles. The Hall–Kier alpha value is -1.55. The third-order valence-electron chi connectivity index (χ3n) is 3.50. The highest BCUT2D eigenvalue weighted by Crippen LogP contribution is 2.28. The van der Waals surface area contributed by atoms with Gasteiger partial charge in [0.25, 0.3) is 5.91 Å². The minimum atomic E-state index is -0.168. The van der Waals surface area contributed by atoms with Crippen LogP contribution in [0.15, 0.2) is 24.3 Å². The lowest BCUT2D eigenvalue weighted by molar-refractivity contribution is 0.0265. The summed E-state index contributed by atoms with van der Waals surface area (Å²) in [6.07, 6.45) is 1.45. The first-order valence-electron chi connectivity index (χ1n) is 6.76. The summed E-state index contributed by atoms with van der Waals surface area (Å²) < 4.78 is 5.35. The van der Waals surface area contributed by atoms with Crippen LogP contribution in [0.5, 0.6) is 5.75 Å². The molecule has 1 aromatic rings. The Labute approximate surface area is 114 Å². The Bertz CT molecular complexity index is 424. The van der Waals surface area contributed by atoms with Gasteiger partial charge in [-0.25, -0.2) is 0 Å². The number of hydrogen-bond donors (Lipinski definition) is 1. The Balaban J connectivity index is 1.90. The molecule has 1 saturated carbocycles. The molecule has 1 aliphatic carbocycles. The van der Waals surface area contributed by atoms with Gasteiger partial charge in [-0.05, 0) is 49.9 Å². The zero-order valence-corrected chi connectivity index (χ0v) is 11.5. The van der Waals surface area contributed by atoms with Crippen LogP contribution in [-0.2, 0) is 0 Å². The summed E-state index contributed by atoms with van der Waals surface area (Å²) in [6, 6.07) is 7.22. The smallest absolute Gasteiger partial charge is 0.253 e. The van der Waals surface area contributed by atoms with Crippen molar-refractivity contribution in [2.24, 2.45) is 5.92 Å². The number of aliphatic hydroxyl groups is 1. The first-order valence-corrected chi connectivity index (χ1v) is 6.76. The molecule has 0 unspecified atom stereocenters. The molecule has 1 amide bonds. The quantitative estimate of drug-likeness (QED) is 0.883. The van der Waals surface area contributed by atoms with E-state index in [9.17, 15) is 9.90 Å². The van der Waals surface area contributed by atoms with Crippen LogP contribution >= 0.6 is 0 Å². The molecule has 19 heavy (non-hydrogen) atoms. The lowest BCUT2D eigenvalue weighted by Crippen LogP contribution is -2.39. The number of rotatable bonds is 5. The summed E-state index contributed by atoms with van der Waals surface area (Å²) in [5, 5.41) is 9.25. The van der Waals surface area contributed by atoms with Crippen LogP contribution in [0.2, 0.25) is 0 Å². The van der Waals surface area contributed by atoms with Gasteiger partial charge in [-0.1, -0.05) is 0 Å². The number of benzene rings is 1. The predicted octanol–water partition coefficient (Wildman–Crippen LogP) is 1.93. The summed E-state index contributed by atoms with van der Waals surface area (Å²) >= 11 is 0. The number of carbonyl (C=O) groups excluding carboxylic acids is 1. The fraction of sp³-hybridized carbons (Fsp3) is 0.533. The Morgan fingerprint density at radius 3 is 2.53 bits per heavy atom. The molecule has 0 heterocycles. The topological polar surface area (TPSA) is 49.8 Å². The molecular weight excluding hydrogens is 242 g/mol. The minimum Gasteiger partial charge on any atom is -0.494 e. The van der Waals surface area contributed by atoms with Crippen molar-refractivity contribution in [1.29, 1.82) is 0 Å². The molecule has 0 aliphatic heterocycles. The standard InChI is InChI=1S/C15H21NO3/c1-3-19-14-6-4-12(5-7-14)15(18)16(2)10-11-8-13(17)9-11/h4-7,11,13,17H,3,8-10H2,1-2H3. The Morgan fingerprint density at radius 1 is 1.37 bits per heavy atom. The third kappa shape index (κ3) is 3.47. The zero-order valence-electron chi connectivity index (χ0n) is 11.5. The number of ether oxygens (including phenoxy) is 1. The summed E-state index contributed by atoms with van der Waals surface area (Å²) in [7, 11) is 1.81. The molecule has 1 N–H and O–H groups in total. The van der Waals surface area contributed by atoms with Gasteiger partial charge >= 0.3 is 0 Å². The van der Waals surface area contributed by atoms with Crippen LogP contribution in [0.25, 0.3) is 0 Å². The van der Waals surface area contributed by atoms with Crippen molar-refractivity contribution in [1.82, 2.24) is 4.90 Å². The van der Waals surface area contributed by atoms with Crippen LogP contribution in [0.4, 0.5) is 0 Å². The van der Waals surface area contributed by atoms with Crippen molar-refractivity contribution in [2.45, 2.75) is 25.9 Å². The van der Waals surface area contributed by atoms with Gasteiger partial charge in [0, 0.05) is 19.2 Å². The molecule has 2 rings (SSSR count). The van der Waals surface area contributed by atoms with Gasteiger partial charge in [-0.15, -0.1) is 0 Å². The highest BCUT2D eigenvalue weighted by atomic mass is 16.5. The molecule has 0 radical (unpaired) electrons. The fourth-order valence-electron chi connectivity index (χ4n) is 2.40. The second-order valence-corrected chi connectivity index (χ2v) is 5.13. The molecule has 104 valence electrons. The van der Waals surface area contributed by atoms with Gasteiger partial charge in [-0.3, -0.25) is 4.79 Å². The van der Waals surface area contributed by atoms with E-state index >= 15 is 0 Å². The van der Waals surface area contributed by atoms with Gasteiger partial charge < -0.3 is 14.7 Å². The van der Waals surface area contributed by atoms with Crippen LogP contribution < -0.4 is 4.74 Å². The SMILES string of the molecule is CCOc1ccc(C(=O)N(C)CC2CC(O)C2)cc1. The molecular formula is C15H21NO3. The average Bonchev–Trinajstić information content (AvgIpc) is 2.37. The molecule has 0 bridgehead atoms. The molecule has 1 aromatic carbocycles. The van der Waals surface area contributed by atoms with E-state index in [1.54, 1.807) is 17.0 Å². The number of carbonyl (C=O) groups is 1. The molecule has 1 aliphatic rings. The maximum atomic E-state index is 12.2. The van der Waals surface area contributed by atoms with E-state index in [4.69, 9.17) is 4.74 Å². The van der Waals surface area contributed by atoms with E-state index in [0.29, 0.717) is 24.6 Å². The van der Waals surface area contributed by atoms with Gasteiger partial charge in [0.2, 0.25) is 0 Å². The molecule has 4 heteroatoms. The molecule has 1 fully saturated rings. The number of amides is 1. The maximum Gasteiger partial charge on any atom is 0.253 e. The lowest BCUT2D eigenvalue weighted by Gasteiger charge is -2.34. The third-order valence-corrected chi connectivity index (χ3v) is 3.50. The van der Waals surface area contributed by atoms with Crippen molar-refractivity contribution in [2.75, 3.05) is 20.2 Å². The van der Waals surface area contributed by atoms with Gasteiger partial charge in [0.15, 0.2) is 0 Å². The van der Waals surface area contributed by atoms with Crippen molar-refractivity contribution in [3.05, 3.63) is 29.8 Å². The first kappa shape index (κ1) is 13.9. The fourth-order valence-corrected chi connectivity index (χ4v) is 2.40. The summed E-state index contributed by atoms with van der Waals surface area (Å²) in [4.78, 5) is 13.9. The summed E-state index contributed by atoms with van der Waals surface area (Å²) in [5.41, 5.74) is 0.672. The van der Waals surface area contributed by atoms with Crippen molar-refractivity contribution < 1.29 is 14.6 Å². The summed E-state index contributed by atoms with van der Waals surface area (Å²) in [6.45, 7) is 3.26. The highest BCUT2D eigenvalue weighted by molar-refractivity contribution is 5.94. The van der Waals surface area contributed by atoms with Crippen molar-refractivity contribution in [3.8, 4) is 5.75 Å². The second kappa shape index (κ2) is 6.06. The molecule has 0 aromatic heterocycles. The first-order chi connectivity index (χ1) is 9.10. The Morgan fingerprint density at radius 2 is 2.00 bits per heavy atom. The van der Waals surface area contributed by atoms with Crippen LogP contribution in [-0.4, -0.2) is 42.2 Å². The largest absolute Gasteiger partial charge is 0.494 e. The van der Waals surface area contributed by atoms with Crippen LogP contribution in [0.3, 0.4) is 0 Å². The number of nitrogens with zero attached hydrogens (tertiary/aromatic N) is 1. The second-order valence-electron chi connectivity index (χ2n) is 5.13. The molecule has 0 spiro atoms. The molecule has 4 nitrogen and oxygen atoms in total. The van der Waals surface area contributed by atoms with E-state index < -0.39 is 0 Å². The van der Waals surface area contributed by atoms with Crippen molar-refractivity contribution >= 4 is 5.91 Å². The van der Waals surface area contributed by atoms with Gasteiger partial charge in [0.05, 0.1) is 12.7 Å². The monoisotopic (exact) mass is 263 g/mol.